The summed E-state index contributed by atoms with van der Waals surface area (Å²) in [6.45, 7) is 0.752. The first-order chi connectivity index (χ1) is 14.1. The van der Waals surface area contributed by atoms with Gasteiger partial charge in [0.1, 0.15) is 11.6 Å². The van der Waals surface area contributed by atoms with Crippen LogP contribution in [-0.4, -0.2) is 37.8 Å². The maximum Gasteiger partial charge on any atom is 0.222 e. The Balaban J connectivity index is 1.62. The van der Waals surface area contributed by atoms with Crippen molar-refractivity contribution in [3.63, 3.8) is 0 Å². The fourth-order valence-electron chi connectivity index (χ4n) is 3.03. The summed E-state index contributed by atoms with van der Waals surface area (Å²) in [4.78, 5) is 8.62. The van der Waals surface area contributed by atoms with Crippen LogP contribution in [0.5, 0.6) is 17.2 Å². The Labute approximate surface area is 170 Å². The third kappa shape index (κ3) is 5.28. The van der Waals surface area contributed by atoms with Gasteiger partial charge in [0.25, 0.3) is 0 Å². The number of rotatable bonds is 9. The van der Waals surface area contributed by atoms with Crippen LogP contribution < -0.4 is 25.3 Å². The number of nitrogen functional groups attached to an aromatic ring is 1. The van der Waals surface area contributed by atoms with Crippen molar-refractivity contribution in [2.24, 2.45) is 0 Å². The average molecular weight is 394 g/mol. The average Bonchev–Trinajstić information content (AvgIpc) is 2.76. The van der Waals surface area contributed by atoms with Crippen LogP contribution in [0, 0.1) is 0 Å². The summed E-state index contributed by atoms with van der Waals surface area (Å²) in [5.74, 6) is 3.17. The topological polar surface area (TPSA) is 91.5 Å². The lowest BCUT2D eigenvalue weighted by atomic mass is 10.1. The standard InChI is InChI=1S/C22H26N4O3/c1-27-17-8-4-7-16(13-17)18-14-21(26-22(23)25-18)24-11-5-6-15-9-10-19(28-2)20(12-15)29-3/h4,7-10,12-14H,5-6,11H2,1-3H3,(H3,23,24,25,26). The van der Waals surface area contributed by atoms with Gasteiger partial charge in [0.05, 0.1) is 27.0 Å². The highest BCUT2D eigenvalue weighted by Gasteiger charge is 2.07. The van der Waals surface area contributed by atoms with E-state index in [1.54, 1.807) is 21.3 Å². The van der Waals surface area contributed by atoms with Crippen LogP contribution in [0.1, 0.15) is 12.0 Å². The lowest BCUT2D eigenvalue weighted by Gasteiger charge is -2.11. The molecule has 0 radical (unpaired) electrons. The van der Waals surface area contributed by atoms with Gasteiger partial charge in [-0.2, -0.15) is 4.98 Å². The van der Waals surface area contributed by atoms with Gasteiger partial charge >= 0.3 is 0 Å². The van der Waals surface area contributed by atoms with Gasteiger partial charge in [-0.15, -0.1) is 0 Å². The molecule has 0 aliphatic heterocycles. The lowest BCUT2D eigenvalue weighted by molar-refractivity contribution is 0.354. The van der Waals surface area contributed by atoms with E-state index in [9.17, 15) is 0 Å². The Hall–Kier alpha value is -3.48. The summed E-state index contributed by atoms with van der Waals surface area (Å²) in [5, 5.41) is 3.33. The van der Waals surface area contributed by atoms with E-state index in [1.165, 1.54) is 5.56 Å². The molecular formula is C22H26N4O3. The van der Waals surface area contributed by atoms with Crippen LogP contribution in [0.4, 0.5) is 11.8 Å². The molecule has 0 spiro atoms. The molecule has 0 aliphatic rings. The zero-order chi connectivity index (χ0) is 20.6. The smallest absolute Gasteiger partial charge is 0.222 e. The van der Waals surface area contributed by atoms with E-state index in [2.05, 4.69) is 15.3 Å². The number of aromatic nitrogens is 2. The number of hydrogen-bond acceptors (Lipinski definition) is 7. The number of aryl methyl sites for hydroxylation is 1. The largest absolute Gasteiger partial charge is 0.497 e. The Morgan fingerprint density at radius 2 is 1.72 bits per heavy atom. The molecular weight excluding hydrogens is 368 g/mol. The van der Waals surface area contributed by atoms with Gasteiger partial charge in [0.15, 0.2) is 11.5 Å². The summed E-state index contributed by atoms with van der Waals surface area (Å²) in [6.07, 6.45) is 1.82. The fourth-order valence-corrected chi connectivity index (χ4v) is 3.03. The van der Waals surface area contributed by atoms with Crippen molar-refractivity contribution in [2.45, 2.75) is 12.8 Å². The molecule has 3 aromatic rings. The Bertz CT molecular complexity index is 963. The molecule has 152 valence electrons. The van der Waals surface area contributed by atoms with E-state index in [0.717, 1.165) is 47.9 Å². The monoisotopic (exact) mass is 394 g/mol. The quantitative estimate of drug-likeness (QED) is 0.533. The van der Waals surface area contributed by atoms with Crippen LogP contribution in [0.15, 0.2) is 48.5 Å². The predicted molar refractivity (Wildman–Crippen MR) is 115 cm³/mol. The molecule has 7 heteroatoms. The predicted octanol–water partition coefficient (Wildman–Crippen LogP) is 3.80. The number of nitrogens with two attached hydrogens (primary N) is 1. The Kier molecular flexibility index (Phi) is 6.73. The van der Waals surface area contributed by atoms with E-state index >= 15 is 0 Å². The van der Waals surface area contributed by atoms with Gasteiger partial charge < -0.3 is 25.3 Å². The molecule has 0 amide bonds. The van der Waals surface area contributed by atoms with Crippen LogP contribution in [0.2, 0.25) is 0 Å². The minimum atomic E-state index is 0.229. The highest BCUT2D eigenvalue weighted by molar-refractivity contribution is 5.65. The van der Waals surface area contributed by atoms with E-state index in [0.29, 0.717) is 5.82 Å². The van der Waals surface area contributed by atoms with E-state index < -0.39 is 0 Å². The molecule has 7 nitrogen and oxygen atoms in total. The fraction of sp³-hybridized carbons (Fsp3) is 0.273. The molecule has 29 heavy (non-hydrogen) atoms. The highest BCUT2D eigenvalue weighted by Crippen LogP contribution is 2.28. The first-order valence-electron chi connectivity index (χ1n) is 9.36. The SMILES string of the molecule is COc1cccc(-c2cc(NCCCc3ccc(OC)c(OC)c3)nc(N)n2)c1. The molecule has 0 saturated heterocycles. The molecule has 1 aromatic heterocycles. The molecule has 3 rings (SSSR count). The van der Waals surface area contributed by atoms with Crippen molar-refractivity contribution in [1.29, 1.82) is 0 Å². The highest BCUT2D eigenvalue weighted by atomic mass is 16.5. The second-order valence-corrected chi connectivity index (χ2v) is 6.45. The Morgan fingerprint density at radius 1 is 0.897 bits per heavy atom. The number of anilines is 2. The van der Waals surface area contributed by atoms with Crippen molar-refractivity contribution < 1.29 is 14.2 Å². The third-order valence-electron chi connectivity index (χ3n) is 4.51. The molecule has 0 bridgehead atoms. The lowest BCUT2D eigenvalue weighted by Crippen LogP contribution is -2.07. The number of methoxy groups -OCH3 is 3. The van der Waals surface area contributed by atoms with Gasteiger partial charge in [-0.05, 0) is 42.7 Å². The molecule has 1 heterocycles. The normalized spacial score (nSPS) is 10.4. The number of benzene rings is 2. The maximum atomic E-state index is 5.90. The van der Waals surface area contributed by atoms with Crippen molar-refractivity contribution in [1.82, 2.24) is 9.97 Å². The van der Waals surface area contributed by atoms with E-state index in [-0.39, 0.29) is 5.95 Å². The maximum absolute atomic E-state index is 5.90. The molecule has 0 unspecified atom stereocenters. The van der Waals surface area contributed by atoms with Crippen molar-refractivity contribution in [3.05, 3.63) is 54.1 Å². The zero-order valence-electron chi connectivity index (χ0n) is 16.9. The molecule has 2 aromatic carbocycles. The van der Waals surface area contributed by atoms with Gasteiger partial charge in [0.2, 0.25) is 5.95 Å². The minimum Gasteiger partial charge on any atom is -0.497 e. The van der Waals surface area contributed by atoms with Crippen LogP contribution in [0.3, 0.4) is 0 Å². The van der Waals surface area contributed by atoms with Crippen molar-refractivity contribution in [2.75, 3.05) is 38.9 Å². The number of ether oxygens (including phenoxy) is 3. The van der Waals surface area contributed by atoms with E-state index in [1.807, 2.05) is 48.5 Å². The Morgan fingerprint density at radius 3 is 2.48 bits per heavy atom. The number of nitrogens with one attached hydrogen (secondary N) is 1. The first-order valence-corrected chi connectivity index (χ1v) is 9.36. The molecule has 0 aliphatic carbocycles. The van der Waals surface area contributed by atoms with Gasteiger partial charge in [-0.25, -0.2) is 4.98 Å². The van der Waals surface area contributed by atoms with Crippen molar-refractivity contribution >= 4 is 11.8 Å². The molecule has 3 N–H and O–H groups in total. The summed E-state index contributed by atoms with van der Waals surface area (Å²) in [7, 11) is 4.91. The second-order valence-electron chi connectivity index (χ2n) is 6.45. The van der Waals surface area contributed by atoms with Crippen LogP contribution in [-0.2, 0) is 6.42 Å². The first kappa shape index (κ1) is 20.3. The van der Waals surface area contributed by atoms with Gasteiger partial charge in [0, 0.05) is 18.2 Å². The molecule has 0 fully saturated rings. The van der Waals surface area contributed by atoms with Crippen LogP contribution in [0.25, 0.3) is 11.3 Å². The van der Waals surface area contributed by atoms with Crippen LogP contribution >= 0.6 is 0 Å². The van der Waals surface area contributed by atoms with Gasteiger partial charge in [-0.1, -0.05) is 18.2 Å². The summed E-state index contributed by atoms with van der Waals surface area (Å²) >= 11 is 0. The number of hydrogen-bond donors (Lipinski definition) is 2. The molecule has 0 saturated carbocycles. The summed E-state index contributed by atoms with van der Waals surface area (Å²) in [6, 6.07) is 15.6. The van der Waals surface area contributed by atoms with Crippen molar-refractivity contribution in [3.8, 4) is 28.5 Å². The molecule has 0 atom stereocenters. The second kappa shape index (κ2) is 9.64. The minimum absolute atomic E-state index is 0.229. The summed E-state index contributed by atoms with van der Waals surface area (Å²) in [5.41, 5.74) is 8.76. The van der Waals surface area contributed by atoms with Gasteiger partial charge in [-0.3, -0.25) is 0 Å². The summed E-state index contributed by atoms with van der Waals surface area (Å²) < 4.78 is 15.9. The number of nitrogens with zero attached hydrogens (tertiary/aromatic N) is 2. The third-order valence-corrected chi connectivity index (χ3v) is 4.51. The van der Waals surface area contributed by atoms with E-state index in [4.69, 9.17) is 19.9 Å². The zero-order valence-corrected chi connectivity index (χ0v) is 16.9.